The maximum absolute atomic E-state index is 13.0. The van der Waals surface area contributed by atoms with Crippen molar-refractivity contribution in [2.45, 2.75) is 39.4 Å². The molecule has 0 saturated heterocycles. The summed E-state index contributed by atoms with van der Waals surface area (Å²) in [7, 11) is 1.56. The van der Waals surface area contributed by atoms with Crippen molar-refractivity contribution >= 4 is 5.91 Å². The summed E-state index contributed by atoms with van der Waals surface area (Å²) in [5, 5.41) is 6.16. The number of nitrogens with one attached hydrogen (secondary N) is 2. The Morgan fingerprint density at radius 2 is 1.78 bits per heavy atom. The molecule has 2 N–H and O–H groups in total. The lowest BCUT2D eigenvalue weighted by molar-refractivity contribution is -0.124. The van der Waals surface area contributed by atoms with Gasteiger partial charge in [-0.2, -0.15) is 0 Å². The molecule has 0 aliphatic carbocycles. The third-order valence-corrected chi connectivity index (χ3v) is 3.70. The van der Waals surface area contributed by atoms with E-state index in [1.807, 2.05) is 32.9 Å². The number of methoxy groups -OCH3 is 1. The van der Waals surface area contributed by atoms with Crippen molar-refractivity contribution in [3.63, 3.8) is 0 Å². The fourth-order valence-corrected chi connectivity index (χ4v) is 2.56. The Kier molecular flexibility index (Phi) is 7.19. The summed E-state index contributed by atoms with van der Waals surface area (Å²) in [4.78, 5) is 12.0. The molecule has 2 aromatic rings. The average Bonchev–Trinajstić information content (AvgIpc) is 2.60. The fourth-order valence-electron chi connectivity index (χ4n) is 2.56. The van der Waals surface area contributed by atoms with Crippen LogP contribution in [0.2, 0.25) is 0 Å². The molecule has 0 fully saturated rings. The van der Waals surface area contributed by atoms with E-state index in [4.69, 9.17) is 9.47 Å². The largest absolute Gasteiger partial charge is 0.493 e. The number of rotatable bonds is 8. The zero-order valence-corrected chi connectivity index (χ0v) is 16.3. The van der Waals surface area contributed by atoms with Gasteiger partial charge in [-0.05, 0) is 44.5 Å². The van der Waals surface area contributed by atoms with E-state index in [0.717, 1.165) is 11.1 Å². The molecule has 0 aliphatic heterocycles. The summed E-state index contributed by atoms with van der Waals surface area (Å²) in [5.41, 5.74) is 1.53. The van der Waals surface area contributed by atoms with Gasteiger partial charge in [-0.1, -0.05) is 24.3 Å². The van der Waals surface area contributed by atoms with Crippen LogP contribution in [0.15, 0.2) is 42.5 Å². The molecule has 6 heteroatoms. The first-order chi connectivity index (χ1) is 12.8. The highest BCUT2D eigenvalue weighted by atomic mass is 19.1. The summed E-state index contributed by atoms with van der Waals surface area (Å²) in [5.74, 6) is 0.657. The predicted molar refractivity (Wildman–Crippen MR) is 103 cm³/mol. The third kappa shape index (κ3) is 6.90. The van der Waals surface area contributed by atoms with Gasteiger partial charge in [0.05, 0.1) is 7.11 Å². The fraction of sp³-hybridized carbons (Fsp3) is 0.381. The van der Waals surface area contributed by atoms with Gasteiger partial charge < -0.3 is 20.1 Å². The Labute approximate surface area is 159 Å². The van der Waals surface area contributed by atoms with Gasteiger partial charge >= 0.3 is 0 Å². The van der Waals surface area contributed by atoms with Crippen molar-refractivity contribution in [2.75, 3.05) is 13.7 Å². The zero-order valence-electron chi connectivity index (χ0n) is 16.3. The number of para-hydroxylation sites is 1. The quantitative estimate of drug-likeness (QED) is 0.743. The van der Waals surface area contributed by atoms with Crippen LogP contribution in [0, 0.1) is 5.82 Å². The molecule has 0 unspecified atom stereocenters. The van der Waals surface area contributed by atoms with Gasteiger partial charge in [0, 0.05) is 24.2 Å². The second-order valence-corrected chi connectivity index (χ2v) is 7.27. The van der Waals surface area contributed by atoms with Crippen LogP contribution in [0.1, 0.15) is 31.9 Å². The van der Waals surface area contributed by atoms with Gasteiger partial charge in [-0.3, -0.25) is 4.79 Å². The normalized spacial score (nSPS) is 11.1. The molecule has 0 atom stereocenters. The predicted octanol–water partition coefficient (Wildman–Crippen LogP) is 3.42. The first-order valence-corrected chi connectivity index (χ1v) is 8.83. The minimum atomic E-state index is -0.319. The molecule has 27 heavy (non-hydrogen) atoms. The molecule has 1 amide bonds. The number of amides is 1. The van der Waals surface area contributed by atoms with Crippen LogP contribution >= 0.6 is 0 Å². The summed E-state index contributed by atoms with van der Waals surface area (Å²) in [6, 6.07) is 11.9. The van der Waals surface area contributed by atoms with Crippen LogP contribution < -0.4 is 20.1 Å². The number of carbonyl (C=O) groups is 1. The van der Waals surface area contributed by atoms with Crippen LogP contribution in [0.25, 0.3) is 0 Å². The van der Waals surface area contributed by atoms with Gasteiger partial charge in [0.25, 0.3) is 5.91 Å². The molecule has 0 heterocycles. The number of benzene rings is 2. The van der Waals surface area contributed by atoms with Crippen LogP contribution in [0.4, 0.5) is 4.39 Å². The molecule has 146 valence electrons. The SMILES string of the molecule is COc1cccc(CNCc2ccc(F)cc2)c1OCC(=O)NC(C)(C)C. The van der Waals surface area contributed by atoms with E-state index >= 15 is 0 Å². The first kappa shape index (κ1) is 20.7. The Morgan fingerprint density at radius 3 is 2.41 bits per heavy atom. The number of hydrogen-bond acceptors (Lipinski definition) is 4. The lowest BCUT2D eigenvalue weighted by Gasteiger charge is -2.21. The molecule has 0 radical (unpaired) electrons. The van der Waals surface area contributed by atoms with Crippen molar-refractivity contribution in [1.82, 2.24) is 10.6 Å². The number of carbonyl (C=O) groups excluding carboxylic acids is 1. The Bertz CT molecular complexity index is 755. The summed E-state index contributed by atoms with van der Waals surface area (Å²) < 4.78 is 24.1. The van der Waals surface area contributed by atoms with Crippen LogP contribution in [0.5, 0.6) is 11.5 Å². The molecule has 0 spiro atoms. The Morgan fingerprint density at radius 1 is 1.07 bits per heavy atom. The molecule has 0 bridgehead atoms. The highest BCUT2D eigenvalue weighted by molar-refractivity contribution is 5.78. The molecule has 5 nitrogen and oxygen atoms in total. The van der Waals surface area contributed by atoms with Gasteiger partial charge in [0.15, 0.2) is 18.1 Å². The lowest BCUT2D eigenvalue weighted by atomic mass is 10.1. The van der Waals surface area contributed by atoms with Crippen molar-refractivity contribution < 1.29 is 18.7 Å². The van der Waals surface area contributed by atoms with Gasteiger partial charge in [-0.15, -0.1) is 0 Å². The molecule has 2 aromatic carbocycles. The highest BCUT2D eigenvalue weighted by Gasteiger charge is 2.16. The molecule has 0 aliphatic rings. The van der Waals surface area contributed by atoms with E-state index in [1.54, 1.807) is 25.3 Å². The second-order valence-electron chi connectivity index (χ2n) is 7.27. The third-order valence-electron chi connectivity index (χ3n) is 3.70. The zero-order chi connectivity index (χ0) is 19.9. The minimum absolute atomic E-state index is 0.0946. The Hall–Kier alpha value is -2.60. The van der Waals surface area contributed by atoms with Crippen molar-refractivity contribution in [3.05, 3.63) is 59.4 Å². The average molecular weight is 374 g/mol. The van der Waals surface area contributed by atoms with E-state index in [2.05, 4.69) is 10.6 Å². The summed E-state index contributed by atoms with van der Waals surface area (Å²) in [6.45, 7) is 6.76. The van der Waals surface area contributed by atoms with E-state index in [9.17, 15) is 9.18 Å². The van der Waals surface area contributed by atoms with Gasteiger partial charge in [0.1, 0.15) is 5.82 Å². The summed E-state index contributed by atoms with van der Waals surface area (Å²) in [6.07, 6.45) is 0. The number of ether oxygens (including phenoxy) is 2. The topological polar surface area (TPSA) is 59.6 Å². The van der Waals surface area contributed by atoms with E-state index in [1.165, 1.54) is 12.1 Å². The monoisotopic (exact) mass is 374 g/mol. The molecule has 0 aromatic heterocycles. The number of hydrogen-bond donors (Lipinski definition) is 2. The van der Waals surface area contributed by atoms with Crippen LogP contribution in [0.3, 0.4) is 0 Å². The van der Waals surface area contributed by atoms with Crippen molar-refractivity contribution in [2.24, 2.45) is 0 Å². The van der Waals surface area contributed by atoms with Crippen LogP contribution in [-0.2, 0) is 17.9 Å². The molecular weight excluding hydrogens is 347 g/mol. The maximum Gasteiger partial charge on any atom is 0.258 e. The molecule has 2 rings (SSSR count). The highest BCUT2D eigenvalue weighted by Crippen LogP contribution is 2.31. The van der Waals surface area contributed by atoms with E-state index < -0.39 is 0 Å². The van der Waals surface area contributed by atoms with Crippen molar-refractivity contribution in [1.29, 1.82) is 0 Å². The maximum atomic E-state index is 13.0. The van der Waals surface area contributed by atoms with Crippen molar-refractivity contribution in [3.8, 4) is 11.5 Å². The van der Waals surface area contributed by atoms with Gasteiger partial charge in [-0.25, -0.2) is 4.39 Å². The molecule has 0 saturated carbocycles. The van der Waals surface area contributed by atoms with E-state index in [0.29, 0.717) is 24.6 Å². The number of halogens is 1. The minimum Gasteiger partial charge on any atom is -0.493 e. The standard InChI is InChI=1S/C21H27FN2O3/c1-21(2,3)24-19(25)14-27-20-16(6-5-7-18(20)26-4)13-23-12-15-8-10-17(22)11-9-15/h5-11,23H,12-14H2,1-4H3,(H,24,25). The summed E-state index contributed by atoms with van der Waals surface area (Å²) >= 11 is 0. The van der Waals surface area contributed by atoms with E-state index in [-0.39, 0.29) is 23.9 Å². The Balaban J connectivity index is 2.01. The lowest BCUT2D eigenvalue weighted by Crippen LogP contribution is -2.43. The van der Waals surface area contributed by atoms with Crippen LogP contribution in [-0.4, -0.2) is 25.2 Å². The smallest absolute Gasteiger partial charge is 0.258 e. The first-order valence-electron chi connectivity index (χ1n) is 8.83. The molecular formula is C21H27FN2O3. The van der Waals surface area contributed by atoms with Gasteiger partial charge in [0.2, 0.25) is 0 Å². The second kappa shape index (κ2) is 9.37.